The van der Waals surface area contributed by atoms with E-state index in [-0.39, 0.29) is 61.3 Å². The van der Waals surface area contributed by atoms with Crippen LogP contribution in [0.2, 0.25) is 0 Å². The van der Waals surface area contributed by atoms with Gasteiger partial charge in [-0.1, -0.05) is 0 Å². The first-order chi connectivity index (χ1) is 22.7. The van der Waals surface area contributed by atoms with Crippen LogP contribution in [-0.2, 0) is 30.5 Å². The van der Waals surface area contributed by atoms with E-state index < -0.39 is 65.7 Å². The van der Waals surface area contributed by atoms with Crippen LogP contribution in [0, 0.1) is 0 Å². The van der Waals surface area contributed by atoms with Crippen molar-refractivity contribution in [2.75, 3.05) is 11.1 Å². The Labute approximate surface area is 271 Å². The fourth-order valence-corrected chi connectivity index (χ4v) is 4.32. The fourth-order valence-electron chi connectivity index (χ4n) is 4.32. The average molecular weight is 670 g/mol. The van der Waals surface area contributed by atoms with Crippen molar-refractivity contribution in [3.8, 4) is 0 Å². The Bertz CT molecular complexity index is 1730. The maximum absolute atomic E-state index is 12.7. The highest BCUT2D eigenvalue weighted by Crippen LogP contribution is 2.13. The largest absolute Gasteiger partial charge is 0.481 e. The Hall–Kier alpha value is -6.14. The zero-order valence-corrected chi connectivity index (χ0v) is 25.7. The first-order valence-electron chi connectivity index (χ1n) is 14.6. The molecule has 0 bridgehead atoms. The second kappa shape index (κ2) is 17.0. The number of nitrogen functional groups attached to an aromatic ring is 1. The number of carbonyl (C=O) groups is 6. The summed E-state index contributed by atoms with van der Waals surface area (Å²) in [6.07, 6.45) is 0.155. The lowest BCUT2D eigenvalue weighted by atomic mass is 10.1. The lowest BCUT2D eigenvalue weighted by molar-refractivity contribution is -0.143. The molecule has 48 heavy (non-hydrogen) atoms. The van der Waals surface area contributed by atoms with E-state index in [1.165, 1.54) is 18.3 Å². The first-order valence-corrected chi connectivity index (χ1v) is 14.6. The van der Waals surface area contributed by atoms with Crippen molar-refractivity contribution in [2.45, 2.75) is 70.1 Å². The zero-order chi connectivity index (χ0) is 35.4. The second-order valence-electron chi connectivity index (χ2n) is 10.7. The molecule has 3 rings (SSSR count). The van der Waals surface area contributed by atoms with Crippen LogP contribution < -0.4 is 32.6 Å². The normalized spacial score (nSPS) is 12.7. The summed E-state index contributed by atoms with van der Waals surface area (Å²) in [4.78, 5) is 97.9. The number of carboxylic acids is 3. The van der Waals surface area contributed by atoms with E-state index in [4.69, 9.17) is 10.8 Å². The fraction of sp³-hybridized carbons (Fsp3) is 0.379. The Balaban J connectivity index is 1.48. The van der Waals surface area contributed by atoms with Gasteiger partial charge in [-0.05, 0) is 50.5 Å². The minimum absolute atomic E-state index is 0.0183. The number of aromatic nitrogens is 4. The average Bonchev–Trinajstić information content (AvgIpc) is 3.02. The number of hydrogen-bond donors (Lipinski definition) is 9. The molecule has 0 aliphatic heterocycles. The SMILES string of the molecule is C[C@H](CCC(=O)O)NC(=O)CCC(NC(=O)CC[C@H](NC(=O)c1ccc(NCc2cnc3nc(N)[nH]c(=O)c3n2)cc1)C(=O)O)C(=O)O. The third-order valence-corrected chi connectivity index (χ3v) is 6.86. The zero-order valence-electron chi connectivity index (χ0n) is 25.7. The molecule has 0 fully saturated rings. The number of nitrogens with two attached hydrogens (primary N) is 1. The molecule has 10 N–H and O–H groups in total. The van der Waals surface area contributed by atoms with E-state index >= 15 is 0 Å². The summed E-state index contributed by atoms with van der Waals surface area (Å²) in [6, 6.07) is 2.64. The minimum atomic E-state index is -1.47. The summed E-state index contributed by atoms with van der Waals surface area (Å²) in [7, 11) is 0. The molecule has 1 unspecified atom stereocenters. The number of nitrogens with zero attached hydrogens (tertiary/aromatic N) is 3. The quantitative estimate of drug-likeness (QED) is 0.0831. The molecule has 2 heterocycles. The van der Waals surface area contributed by atoms with E-state index in [1.807, 2.05) is 0 Å². The molecular weight excluding hydrogens is 634 g/mol. The van der Waals surface area contributed by atoms with Gasteiger partial charge >= 0.3 is 17.9 Å². The second-order valence-corrected chi connectivity index (χ2v) is 10.7. The summed E-state index contributed by atoms with van der Waals surface area (Å²) in [5, 5.41) is 37.9. The lowest BCUT2D eigenvalue weighted by Crippen LogP contribution is -2.44. The van der Waals surface area contributed by atoms with Crippen molar-refractivity contribution in [3.05, 3.63) is 52.1 Å². The van der Waals surface area contributed by atoms with E-state index in [0.29, 0.717) is 11.4 Å². The molecule has 0 radical (unpaired) electrons. The smallest absolute Gasteiger partial charge is 0.326 e. The van der Waals surface area contributed by atoms with Gasteiger partial charge in [-0.15, -0.1) is 0 Å². The Morgan fingerprint density at radius 2 is 1.44 bits per heavy atom. The van der Waals surface area contributed by atoms with Gasteiger partial charge in [0.15, 0.2) is 11.2 Å². The third kappa shape index (κ3) is 11.3. The number of aliphatic carboxylic acids is 3. The van der Waals surface area contributed by atoms with Gasteiger partial charge in [-0.2, -0.15) is 4.98 Å². The van der Waals surface area contributed by atoms with Gasteiger partial charge in [0.25, 0.3) is 11.5 Å². The number of benzene rings is 1. The molecule has 0 saturated carbocycles. The van der Waals surface area contributed by atoms with E-state index in [0.717, 1.165) is 0 Å². The number of hydrogen-bond acceptors (Lipinski definition) is 12. The highest BCUT2D eigenvalue weighted by atomic mass is 16.4. The molecule has 2 aromatic heterocycles. The van der Waals surface area contributed by atoms with Gasteiger partial charge in [-0.25, -0.2) is 19.6 Å². The summed E-state index contributed by atoms with van der Waals surface area (Å²) in [5.41, 5.74) is 6.20. The highest BCUT2D eigenvalue weighted by Gasteiger charge is 2.25. The summed E-state index contributed by atoms with van der Waals surface area (Å²) >= 11 is 0. The van der Waals surface area contributed by atoms with Crippen LogP contribution in [0.3, 0.4) is 0 Å². The van der Waals surface area contributed by atoms with Gasteiger partial charge in [0.1, 0.15) is 12.1 Å². The minimum Gasteiger partial charge on any atom is -0.481 e. The predicted octanol–water partition coefficient (Wildman–Crippen LogP) is -0.410. The predicted molar refractivity (Wildman–Crippen MR) is 168 cm³/mol. The molecule has 256 valence electrons. The molecule has 19 heteroatoms. The third-order valence-electron chi connectivity index (χ3n) is 6.86. The molecule has 0 aliphatic rings. The first kappa shape index (κ1) is 36.3. The molecule has 0 spiro atoms. The van der Waals surface area contributed by atoms with Crippen LogP contribution in [0.1, 0.15) is 61.5 Å². The van der Waals surface area contributed by atoms with Crippen molar-refractivity contribution < 1.29 is 44.1 Å². The van der Waals surface area contributed by atoms with Crippen molar-refractivity contribution in [1.82, 2.24) is 35.9 Å². The van der Waals surface area contributed by atoms with Gasteiger partial charge in [0, 0.05) is 36.6 Å². The Morgan fingerprint density at radius 1 is 0.833 bits per heavy atom. The van der Waals surface area contributed by atoms with Crippen LogP contribution >= 0.6 is 0 Å². The number of fused-ring (bicyclic) bond motifs is 1. The van der Waals surface area contributed by atoms with E-state index in [2.05, 4.69) is 41.2 Å². The van der Waals surface area contributed by atoms with Gasteiger partial charge in [-0.3, -0.25) is 29.0 Å². The van der Waals surface area contributed by atoms with Crippen LogP contribution in [0.5, 0.6) is 0 Å². The van der Waals surface area contributed by atoms with Gasteiger partial charge in [0.05, 0.1) is 18.4 Å². The maximum Gasteiger partial charge on any atom is 0.326 e. The number of nitrogens with one attached hydrogen (secondary N) is 5. The van der Waals surface area contributed by atoms with Crippen molar-refractivity contribution in [3.63, 3.8) is 0 Å². The topological polar surface area (TPSA) is 309 Å². The maximum atomic E-state index is 12.7. The highest BCUT2D eigenvalue weighted by molar-refractivity contribution is 5.97. The molecule has 1 aromatic carbocycles. The summed E-state index contributed by atoms with van der Waals surface area (Å²) < 4.78 is 0. The van der Waals surface area contributed by atoms with Crippen LogP contribution in [0.4, 0.5) is 11.6 Å². The lowest BCUT2D eigenvalue weighted by Gasteiger charge is -2.18. The van der Waals surface area contributed by atoms with Crippen LogP contribution in [0.25, 0.3) is 11.2 Å². The molecule has 3 aromatic rings. The molecule has 19 nitrogen and oxygen atoms in total. The van der Waals surface area contributed by atoms with Gasteiger partial charge in [0.2, 0.25) is 17.8 Å². The van der Waals surface area contributed by atoms with E-state index in [1.54, 1.807) is 19.1 Å². The molecule has 0 aliphatic carbocycles. The van der Waals surface area contributed by atoms with Crippen molar-refractivity contribution >= 4 is 58.4 Å². The number of anilines is 2. The monoisotopic (exact) mass is 669 g/mol. The number of rotatable bonds is 18. The van der Waals surface area contributed by atoms with Crippen molar-refractivity contribution in [2.24, 2.45) is 0 Å². The standard InChI is InChI=1S/C29H35N9O10/c1-14(2-11-22(41)42)33-20(39)9-7-18(27(45)46)35-21(40)10-8-19(28(47)48)36-25(43)15-3-5-16(6-4-15)31-12-17-13-32-24-23(34-17)26(44)38-29(30)37-24/h3-6,13-14,18-19,31H,2,7-12H2,1H3,(H,33,39)(H,35,40)(H,36,43)(H,41,42)(H,45,46)(H,47,48)(H3,30,32,37,38,44)/t14-,18?,19+/m1/s1. The number of carbonyl (C=O) groups excluding carboxylic acids is 3. The number of amides is 3. The molecule has 3 amide bonds. The number of H-pyrrole nitrogens is 1. The molecular formula is C29H35N9O10. The number of carboxylic acid groups (broad SMARTS) is 3. The Kier molecular flexibility index (Phi) is 12.8. The summed E-state index contributed by atoms with van der Waals surface area (Å²) in [6.45, 7) is 1.78. The Morgan fingerprint density at radius 3 is 2.04 bits per heavy atom. The van der Waals surface area contributed by atoms with Crippen LogP contribution in [-0.4, -0.2) is 89.0 Å². The van der Waals surface area contributed by atoms with Crippen LogP contribution in [0.15, 0.2) is 35.3 Å². The van der Waals surface area contributed by atoms with Crippen molar-refractivity contribution in [1.29, 1.82) is 0 Å². The van der Waals surface area contributed by atoms with E-state index in [9.17, 15) is 43.8 Å². The molecule has 3 atom stereocenters. The van der Waals surface area contributed by atoms with Gasteiger partial charge < -0.3 is 42.3 Å². The summed E-state index contributed by atoms with van der Waals surface area (Å²) in [5.74, 6) is -5.96. The molecule has 0 saturated heterocycles. The number of aromatic amines is 1.